The number of alkyl halides is 5. The van der Waals surface area contributed by atoms with Crippen molar-refractivity contribution in [2.24, 2.45) is 0 Å². The first kappa shape index (κ1) is 28.7. The number of hydrogen-bond donors (Lipinski definition) is 0. The highest BCUT2D eigenvalue weighted by Gasteiger charge is 2.75. The molecule has 2 aromatic carbocycles. The zero-order chi connectivity index (χ0) is 25.5. The summed E-state index contributed by atoms with van der Waals surface area (Å²) >= 11 is -3.67. The first-order valence-electron chi connectivity index (χ1n) is 9.77. The summed E-state index contributed by atoms with van der Waals surface area (Å²) in [5.41, 5.74) is 1.51. The molecular formula is C22H26F5I2NO2S+2. The van der Waals surface area contributed by atoms with Crippen LogP contribution in [0.4, 0.5) is 22.0 Å². The summed E-state index contributed by atoms with van der Waals surface area (Å²) in [6, 6.07) is 13.4. The van der Waals surface area contributed by atoms with Crippen molar-refractivity contribution in [3.63, 3.8) is 0 Å². The quantitative estimate of drug-likeness (QED) is 0.242. The Labute approximate surface area is 213 Å². The molecule has 0 aliphatic carbocycles. The van der Waals surface area contributed by atoms with Gasteiger partial charge in [0, 0.05) is 0 Å². The smallest absolute Gasteiger partial charge is 0.198 e. The molecule has 2 aromatic rings. The van der Waals surface area contributed by atoms with Crippen molar-refractivity contribution in [1.29, 1.82) is 0 Å². The molecule has 0 spiro atoms. The molecule has 11 heteroatoms. The second kappa shape index (κ2) is 9.84. The number of hydrogen-bond acceptors (Lipinski definition) is 2. The van der Waals surface area contributed by atoms with E-state index >= 15 is 0 Å². The summed E-state index contributed by atoms with van der Waals surface area (Å²) in [5.74, 6) is 0. The Morgan fingerprint density at radius 3 is 1.18 bits per heavy atom. The summed E-state index contributed by atoms with van der Waals surface area (Å²) in [5, 5.41) is -5.86. The lowest BCUT2D eigenvalue weighted by molar-refractivity contribution is -1.00. The molecule has 0 atom stereocenters. The molecular weight excluding hydrogens is 691 g/mol. The minimum absolute atomic E-state index is 0.187. The number of halogens is 7. The van der Waals surface area contributed by atoms with Crippen LogP contribution < -0.4 is 43.0 Å². The number of nitrogens with zero attached hydrogens (tertiary/aromatic N) is 1. The number of benzene rings is 2. The molecule has 0 aliphatic heterocycles. The van der Waals surface area contributed by atoms with Crippen molar-refractivity contribution in [2.75, 3.05) is 0 Å². The Kier molecular flexibility index (Phi) is 8.56. The standard InChI is InChI=1S/C22H26F5I2NO2S/c1-19(2,3)15-7-11-17(12-8-15)28-30(33(31,32)22(26,27)21(23,24)25)29-18-13-9-16(10-14-18)20(4,5)6/h7-14H,1-6H3/q+2. The lowest BCUT2D eigenvalue weighted by atomic mass is 9.87. The Balaban J connectivity index is 2.46. The van der Waals surface area contributed by atoms with Gasteiger partial charge in [-0.15, -0.1) is 0 Å². The summed E-state index contributed by atoms with van der Waals surface area (Å²) < 4.78 is 93.6. The topological polar surface area (TPSA) is 37.4 Å². The van der Waals surface area contributed by atoms with E-state index in [4.69, 9.17) is 0 Å². The number of sulfonamides is 1. The van der Waals surface area contributed by atoms with Crippen molar-refractivity contribution in [1.82, 2.24) is 0.732 Å². The van der Waals surface area contributed by atoms with Gasteiger partial charge in [0.05, 0.1) is 0 Å². The highest BCUT2D eigenvalue weighted by molar-refractivity contribution is 7.89. The van der Waals surface area contributed by atoms with Crippen LogP contribution in [0.3, 0.4) is 0 Å². The highest BCUT2D eigenvalue weighted by atomic mass is 127. The van der Waals surface area contributed by atoms with Crippen LogP contribution in [0.25, 0.3) is 0 Å². The van der Waals surface area contributed by atoms with Gasteiger partial charge in [0.1, 0.15) is 0 Å². The fraction of sp³-hybridized carbons (Fsp3) is 0.455. The zero-order valence-corrected chi connectivity index (χ0v) is 24.1. The second-order valence-electron chi connectivity index (χ2n) is 9.37. The molecule has 33 heavy (non-hydrogen) atoms. The normalized spacial score (nSPS) is 14.1. The van der Waals surface area contributed by atoms with E-state index in [2.05, 4.69) is 0 Å². The van der Waals surface area contributed by atoms with Crippen LogP contribution in [0.5, 0.6) is 0 Å². The van der Waals surface area contributed by atoms with E-state index in [1.807, 2.05) is 41.5 Å². The molecule has 0 N–H and O–H groups in total. The van der Waals surface area contributed by atoms with Gasteiger partial charge in [-0.3, -0.25) is 0 Å². The second-order valence-corrected chi connectivity index (χ2v) is 19.7. The predicted molar refractivity (Wildman–Crippen MR) is 109 cm³/mol. The fourth-order valence-corrected chi connectivity index (χ4v) is 13.0. The molecule has 0 unspecified atom stereocenters. The van der Waals surface area contributed by atoms with E-state index in [1.165, 1.54) is 0 Å². The molecule has 0 radical (unpaired) electrons. The lowest BCUT2D eigenvalue weighted by Crippen LogP contribution is -3.89. The molecule has 184 valence electrons. The minimum Gasteiger partial charge on any atom is -0.198 e. The van der Waals surface area contributed by atoms with Gasteiger partial charge in [-0.05, 0) is 46.2 Å². The summed E-state index contributed by atoms with van der Waals surface area (Å²) in [4.78, 5) is 0. The van der Waals surface area contributed by atoms with Crippen LogP contribution in [0, 0.1) is 7.14 Å². The average molecular weight is 717 g/mol. The SMILES string of the molecule is CC(C)(C)c1ccc([I+]N([I+]c2ccc(C(C)(C)C)cc2)S(=O)(=O)C(F)(F)C(F)(F)F)cc1. The first-order chi connectivity index (χ1) is 14.8. The van der Waals surface area contributed by atoms with Crippen LogP contribution in [-0.2, 0) is 20.9 Å². The lowest BCUT2D eigenvalue weighted by Gasteiger charge is -2.18. The molecule has 0 aromatic heterocycles. The summed E-state index contributed by atoms with van der Waals surface area (Å²) in [6.45, 7) is 11.9. The van der Waals surface area contributed by atoms with Gasteiger partial charge < -0.3 is 0 Å². The highest BCUT2D eigenvalue weighted by Crippen LogP contribution is 2.39. The molecule has 0 amide bonds. The average Bonchev–Trinajstić information content (AvgIpc) is 2.66. The zero-order valence-electron chi connectivity index (χ0n) is 18.9. The van der Waals surface area contributed by atoms with Crippen molar-refractivity contribution >= 4 is 10.0 Å². The maximum atomic E-state index is 14.1. The van der Waals surface area contributed by atoms with Crippen molar-refractivity contribution in [3.05, 3.63) is 66.8 Å². The first-order valence-corrected chi connectivity index (χ1v) is 15.3. The van der Waals surface area contributed by atoms with Crippen LogP contribution in [0.2, 0.25) is 0 Å². The van der Waals surface area contributed by atoms with Crippen molar-refractivity contribution in [3.8, 4) is 0 Å². The van der Waals surface area contributed by atoms with Gasteiger partial charge >= 0.3 is 64.4 Å². The van der Waals surface area contributed by atoms with Crippen molar-refractivity contribution in [2.45, 2.75) is 63.8 Å². The van der Waals surface area contributed by atoms with Crippen molar-refractivity contribution < 1.29 is 73.3 Å². The predicted octanol–water partition coefficient (Wildman–Crippen LogP) is 0.116. The minimum atomic E-state index is -6.20. The van der Waals surface area contributed by atoms with Gasteiger partial charge in [0.2, 0.25) is 7.14 Å². The molecule has 0 bridgehead atoms. The van der Waals surface area contributed by atoms with E-state index in [1.54, 1.807) is 48.5 Å². The molecule has 0 heterocycles. The summed E-state index contributed by atoms with van der Waals surface area (Å²) in [7, 11) is -5.96. The maximum absolute atomic E-state index is 14.1. The Morgan fingerprint density at radius 2 is 0.939 bits per heavy atom. The largest absolute Gasteiger partial charge is 0.498 e. The van der Waals surface area contributed by atoms with E-state index in [0.29, 0.717) is 7.87 Å². The van der Waals surface area contributed by atoms with Gasteiger partial charge in [-0.25, -0.2) is 0 Å². The molecule has 0 saturated heterocycles. The van der Waals surface area contributed by atoms with Crippen LogP contribution >= 0.6 is 0 Å². The third-order valence-electron chi connectivity index (χ3n) is 4.58. The van der Waals surface area contributed by atoms with Gasteiger partial charge in [-0.2, -0.15) is 30.4 Å². The van der Waals surface area contributed by atoms with Crippen LogP contribution in [0.1, 0.15) is 52.7 Å². The van der Waals surface area contributed by atoms with E-state index in [0.717, 1.165) is 11.1 Å². The molecule has 0 fully saturated rings. The van der Waals surface area contributed by atoms with E-state index in [9.17, 15) is 30.4 Å². The van der Waals surface area contributed by atoms with Gasteiger partial charge in [-0.1, -0.05) is 65.8 Å². The summed E-state index contributed by atoms with van der Waals surface area (Å²) in [6.07, 6.45) is -6.20. The van der Waals surface area contributed by atoms with Crippen LogP contribution in [-0.4, -0.2) is 20.6 Å². The Bertz CT molecular complexity index is 997. The Morgan fingerprint density at radius 1 is 0.636 bits per heavy atom. The van der Waals surface area contributed by atoms with E-state index < -0.39 is 64.4 Å². The Hall–Kier alpha value is -0.540. The number of rotatable bonds is 6. The molecule has 2 rings (SSSR count). The fourth-order valence-electron chi connectivity index (χ4n) is 2.51. The van der Waals surface area contributed by atoms with Gasteiger partial charge in [0.15, 0.2) is 0 Å². The molecule has 3 nitrogen and oxygen atoms in total. The molecule has 0 saturated carbocycles. The van der Waals surface area contributed by atoms with Crippen LogP contribution in [0.15, 0.2) is 48.5 Å². The monoisotopic (exact) mass is 717 g/mol. The third kappa shape index (κ3) is 6.78. The van der Waals surface area contributed by atoms with Gasteiger partial charge in [0.25, 0.3) is 0.732 Å². The molecule has 0 aliphatic rings. The van der Waals surface area contributed by atoms with E-state index in [-0.39, 0.29) is 10.8 Å². The maximum Gasteiger partial charge on any atom is 0.498 e. The third-order valence-corrected chi connectivity index (χ3v) is 15.6.